The molecule has 0 saturated heterocycles. The van der Waals surface area contributed by atoms with Crippen LogP contribution in [-0.4, -0.2) is 36.1 Å². The molecule has 0 heterocycles. The first kappa shape index (κ1) is 15.8. The Balaban J connectivity index is 2.52. The summed E-state index contributed by atoms with van der Waals surface area (Å²) < 4.78 is 36.2. The van der Waals surface area contributed by atoms with Gasteiger partial charge in [0.25, 0.3) is 5.91 Å². The van der Waals surface area contributed by atoms with Crippen LogP contribution in [0.4, 0.5) is 13.2 Å². The van der Waals surface area contributed by atoms with Gasteiger partial charge >= 0.3 is 6.18 Å². The average molecular weight is 293 g/mol. The van der Waals surface area contributed by atoms with Gasteiger partial charge in [-0.1, -0.05) is 12.1 Å². The van der Waals surface area contributed by atoms with E-state index >= 15 is 0 Å². The average Bonchev–Trinajstić information content (AvgIpc) is 2.37. The number of aliphatic hydroxyl groups excluding tert-OH is 1. The van der Waals surface area contributed by atoms with Crippen molar-refractivity contribution < 1.29 is 23.1 Å². The summed E-state index contributed by atoms with van der Waals surface area (Å²) in [6, 6.07) is 6.63. The fourth-order valence-corrected chi connectivity index (χ4v) is 2.27. The van der Waals surface area contributed by atoms with E-state index in [9.17, 15) is 18.0 Å². The molecule has 0 bridgehead atoms. The van der Waals surface area contributed by atoms with Crippen LogP contribution in [0.15, 0.2) is 24.3 Å². The number of nitrogens with one attached hydrogen (secondary N) is 1. The Morgan fingerprint density at radius 3 is 2.74 bits per heavy atom. The van der Waals surface area contributed by atoms with Gasteiger partial charge in [0.15, 0.2) is 6.10 Å². The monoisotopic (exact) mass is 293 g/mol. The summed E-state index contributed by atoms with van der Waals surface area (Å²) in [4.78, 5) is 11.4. The number of alkyl halides is 3. The summed E-state index contributed by atoms with van der Waals surface area (Å²) in [6.45, 7) is 0. The van der Waals surface area contributed by atoms with Gasteiger partial charge in [-0.25, -0.2) is 0 Å². The molecule has 106 valence electrons. The number of rotatable bonds is 5. The van der Waals surface area contributed by atoms with Gasteiger partial charge in [0.1, 0.15) is 0 Å². The minimum absolute atomic E-state index is 0.248. The first-order valence-corrected chi connectivity index (χ1v) is 6.63. The Morgan fingerprint density at radius 1 is 1.47 bits per heavy atom. The van der Waals surface area contributed by atoms with E-state index < -0.39 is 18.0 Å². The number of hydrogen-bond donors (Lipinski definition) is 2. The maximum atomic E-state index is 12.1. The van der Waals surface area contributed by atoms with Crippen LogP contribution >= 0.6 is 11.8 Å². The van der Waals surface area contributed by atoms with Gasteiger partial charge in [0, 0.05) is 24.1 Å². The van der Waals surface area contributed by atoms with Crippen LogP contribution in [0.5, 0.6) is 0 Å². The van der Waals surface area contributed by atoms with Crippen LogP contribution in [0.2, 0.25) is 0 Å². The summed E-state index contributed by atoms with van der Waals surface area (Å²) in [5.74, 6) is -0.367. The molecule has 0 aliphatic carbocycles. The van der Waals surface area contributed by atoms with E-state index in [2.05, 4.69) is 5.32 Å². The van der Waals surface area contributed by atoms with Crippen molar-refractivity contribution in [1.29, 1.82) is 0 Å². The summed E-state index contributed by atoms with van der Waals surface area (Å²) in [6.07, 6.45) is -6.91. The molecular formula is C12H14F3NO2S. The topological polar surface area (TPSA) is 49.3 Å². The van der Waals surface area contributed by atoms with E-state index in [4.69, 9.17) is 5.11 Å². The van der Waals surface area contributed by atoms with Crippen LogP contribution in [0.1, 0.15) is 15.9 Å². The number of carbonyl (C=O) groups is 1. The molecule has 3 nitrogen and oxygen atoms in total. The van der Waals surface area contributed by atoms with Crippen molar-refractivity contribution in [2.75, 3.05) is 12.8 Å². The fourth-order valence-electron chi connectivity index (χ4n) is 1.33. The summed E-state index contributed by atoms with van der Waals surface area (Å²) >= 11 is 0.968. The van der Waals surface area contributed by atoms with Gasteiger partial charge < -0.3 is 10.4 Å². The molecule has 0 aliphatic rings. The minimum Gasteiger partial charge on any atom is -0.383 e. The zero-order valence-corrected chi connectivity index (χ0v) is 11.0. The van der Waals surface area contributed by atoms with Crippen molar-refractivity contribution in [3.05, 3.63) is 35.4 Å². The van der Waals surface area contributed by atoms with Crippen molar-refractivity contribution in [1.82, 2.24) is 5.32 Å². The third-order valence-electron chi connectivity index (χ3n) is 2.34. The maximum absolute atomic E-state index is 12.1. The second-order valence-corrected chi connectivity index (χ2v) is 4.88. The molecule has 0 fully saturated rings. The van der Waals surface area contributed by atoms with Gasteiger partial charge in [-0.3, -0.25) is 4.79 Å². The van der Waals surface area contributed by atoms with Crippen LogP contribution in [0.3, 0.4) is 0 Å². The minimum atomic E-state index is -4.59. The van der Waals surface area contributed by atoms with Crippen molar-refractivity contribution in [2.45, 2.75) is 18.0 Å². The van der Waals surface area contributed by atoms with E-state index in [1.54, 1.807) is 24.3 Å². The first-order chi connectivity index (χ1) is 8.84. The Kier molecular flexibility index (Phi) is 5.68. The molecule has 0 saturated carbocycles. The molecule has 1 aromatic carbocycles. The zero-order chi connectivity index (χ0) is 14.5. The molecule has 2 N–H and O–H groups in total. The lowest BCUT2D eigenvalue weighted by Gasteiger charge is -2.13. The third-order valence-corrected chi connectivity index (χ3v) is 3.43. The second-order valence-electron chi connectivity index (χ2n) is 3.85. The second kappa shape index (κ2) is 6.81. The Bertz CT molecular complexity index is 437. The molecule has 0 radical (unpaired) electrons. The van der Waals surface area contributed by atoms with Crippen molar-refractivity contribution in [3.63, 3.8) is 0 Å². The molecule has 1 aromatic rings. The first-order valence-electron chi connectivity index (χ1n) is 5.48. The summed E-state index contributed by atoms with van der Waals surface area (Å²) in [7, 11) is 1.50. The Labute approximate surface area is 113 Å². The predicted octanol–water partition coefficient (Wildman–Crippen LogP) is 2.20. The molecule has 19 heavy (non-hydrogen) atoms. The standard InChI is InChI=1S/C12H14F3NO2S/c1-16-11(18)9-4-2-3-8(5-9)6-19-7-10(17)12(13,14)15/h2-5,10,17H,6-7H2,1H3,(H,16,18). The van der Waals surface area contributed by atoms with Crippen LogP contribution < -0.4 is 5.32 Å². The van der Waals surface area contributed by atoms with Crippen molar-refractivity contribution in [3.8, 4) is 0 Å². The highest BCUT2D eigenvalue weighted by molar-refractivity contribution is 7.98. The number of halogens is 3. The highest BCUT2D eigenvalue weighted by Crippen LogP contribution is 2.24. The predicted molar refractivity (Wildman–Crippen MR) is 68.1 cm³/mol. The fraction of sp³-hybridized carbons (Fsp3) is 0.417. The van der Waals surface area contributed by atoms with Crippen LogP contribution in [0, 0.1) is 0 Å². The van der Waals surface area contributed by atoms with E-state index in [1.165, 1.54) is 7.05 Å². The number of carbonyl (C=O) groups excluding carboxylic acids is 1. The highest BCUT2D eigenvalue weighted by atomic mass is 32.2. The SMILES string of the molecule is CNC(=O)c1cccc(CSCC(O)C(F)(F)F)c1. The Morgan fingerprint density at radius 2 is 2.16 bits per heavy atom. The van der Waals surface area contributed by atoms with Gasteiger partial charge in [0.05, 0.1) is 0 Å². The highest BCUT2D eigenvalue weighted by Gasteiger charge is 2.37. The molecule has 1 atom stereocenters. The van der Waals surface area contributed by atoms with Crippen LogP contribution in [0.25, 0.3) is 0 Å². The third kappa shape index (κ3) is 5.12. The number of thioether (sulfide) groups is 1. The van der Waals surface area contributed by atoms with Crippen molar-refractivity contribution in [2.24, 2.45) is 0 Å². The zero-order valence-electron chi connectivity index (χ0n) is 10.2. The van der Waals surface area contributed by atoms with E-state index in [0.717, 1.165) is 17.3 Å². The van der Waals surface area contributed by atoms with Crippen molar-refractivity contribution >= 4 is 17.7 Å². The number of aliphatic hydroxyl groups is 1. The maximum Gasteiger partial charge on any atom is 0.415 e. The van der Waals surface area contributed by atoms with E-state index in [0.29, 0.717) is 11.3 Å². The van der Waals surface area contributed by atoms with Gasteiger partial charge in [-0.05, 0) is 17.7 Å². The summed E-state index contributed by atoms with van der Waals surface area (Å²) in [5.41, 5.74) is 1.19. The molecule has 1 unspecified atom stereocenters. The molecule has 1 rings (SSSR count). The number of hydrogen-bond acceptors (Lipinski definition) is 3. The Hall–Kier alpha value is -1.21. The molecule has 0 aromatic heterocycles. The van der Waals surface area contributed by atoms with E-state index in [1.807, 2.05) is 0 Å². The van der Waals surface area contributed by atoms with Gasteiger partial charge in [-0.15, -0.1) is 0 Å². The smallest absolute Gasteiger partial charge is 0.383 e. The lowest BCUT2D eigenvalue weighted by atomic mass is 10.1. The summed E-state index contributed by atoms with van der Waals surface area (Å²) in [5, 5.41) is 11.3. The van der Waals surface area contributed by atoms with Crippen LogP contribution in [-0.2, 0) is 5.75 Å². The largest absolute Gasteiger partial charge is 0.415 e. The molecule has 0 aliphatic heterocycles. The lowest BCUT2D eigenvalue weighted by Crippen LogP contribution is -2.30. The molecule has 0 spiro atoms. The quantitative estimate of drug-likeness (QED) is 0.875. The molecular weight excluding hydrogens is 279 g/mol. The lowest BCUT2D eigenvalue weighted by molar-refractivity contribution is -0.195. The number of amides is 1. The van der Waals surface area contributed by atoms with E-state index in [-0.39, 0.29) is 5.91 Å². The van der Waals surface area contributed by atoms with Gasteiger partial charge in [0.2, 0.25) is 0 Å². The molecule has 7 heteroatoms. The molecule has 1 amide bonds. The normalized spacial score (nSPS) is 13.1. The van der Waals surface area contributed by atoms with Gasteiger partial charge in [-0.2, -0.15) is 24.9 Å². The number of benzene rings is 1.